The SMILES string of the molecule is C=C(C)CN(C)S(=O)(=O)c1cccc2cc(N)ccc12. The van der Waals surface area contributed by atoms with Gasteiger partial charge in [-0.05, 0) is 30.5 Å². The maximum atomic E-state index is 12.6. The van der Waals surface area contributed by atoms with E-state index in [0.29, 0.717) is 22.5 Å². The molecular weight excluding hydrogens is 272 g/mol. The molecule has 0 aliphatic carbocycles. The molecule has 2 aromatic rings. The highest BCUT2D eigenvalue weighted by Gasteiger charge is 2.22. The number of rotatable bonds is 4. The molecule has 0 amide bonds. The van der Waals surface area contributed by atoms with E-state index in [1.54, 1.807) is 44.3 Å². The Kier molecular flexibility index (Phi) is 3.83. The third kappa shape index (κ3) is 2.69. The predicted molar refractivity (Wildman–Crippen MR) is 83.0 cm³/mol. The average Bonchev–Trinajstić information content (AvgIpc) is 2.36. The maximum Gasteiger partial charge on any atom is 0.243 e. The molecule has 20 heavy (non-hydrogen) atoms. The summed E-state index contributed by atoms with van der Waals surface area (Å²) in [5, 5.41) is 1.49. The molecule has 0 aromatic heterocycles. The van der Waals surface area contributed by atoms with E-state index >= 15 is 0 Å². The summed E-state index contributed by atoms with van der Waals surface area (Å²) in [5.41, 5.74) is 7.14. The van der Waals surface area contributed by atoms with Crippen LogP contribution in [0.5, 0.6) is 0 Å². The lowest BCUT2D eigenvalue weighted by molar-refractivity contribution is 0.494. The highest BCUT2D eigenvalue weighted by molar-refractivity contribution is 7.89. The van der Waals surface area contributed by atoms with Crippen LogP contribution in [0.4, 0.5) is 5.69 Å². The van der Waals surface area contributed by atoms with Crippen molar-refractivity contribution in [1.82, 2.24) is 4.31 Å². The van der Waals surface area contributed by atoms with Gasteiger partial charge in [-0.1, -0.05) is 30.4 Å². The Morgan fingerprint density at radius 2 is 2.00 bits per heavy atom. The van der Waals surface area contributed by atoms with E-state index in [9.17, 15) is 8.42 Å². The largest absolute Gasteiger partial charge is 0.399 e. The topological polar surface area (TPSA) is 63.4 Å². The quantitative estimate of drug-likeness (QED) is 0.695. The van der Waals surface area contributed by atoms with Gasteiger partial charge in [0.05, 0.1) is 4.90 Å². The molecule has 0 bridgehead atoms. The number of benzene rings is 2. The third-order valence-electron chi connectivity index (χ3n) is 3.05. The van der Waals surface area contributed by atoms with Gasteiger partial charge in [-0.2, -0.15) is 4.31 Å². The zero-order valence-corrected chi connectivity index (χ0v) is 12.4. The molecule has 2 N–H and O–H groups in total. The number of nitrogens with two attached hydrogens (primary N) is 1. The Bertz CT molecular complexity index is 767. The molecule has 0 spiro atoms. The predicted octanol–water partition coefficient (Wildman–Crippen LogP) is 2.62. The Hall–Kier alpha value is -1.85. The second kappa shape index (κ2) is 5.26. The van der Waals surface area contributed by atoms with E-state index in [1.807, 2.05) is 6.07 Å². The number of likely N-dealkylation sites (N-methyl/N-ethyl adjacent to an activating group) is 1. The van der Waals surface area contributed by atoms with Gasteiger partial charge >= 0.3 is 0 Å². The average molecular weight is 290 g/mol. The van der Waals surface area contributed by atoms with E-state index in [-0.39, 0.29) is 0 Å². The number of anilines is 1. The summed E-state index contributed by atoms with van der Waals surface area (Å²) in [6, 6.07) is 10.4. The fraction of sp³-hybridized carbons (Fsp3) is 0.200. The minimum Gasteiger partial charge on any atom is -0.399 e. The van der Waals surface area contributed by atoms with Crippen molar-refractivity contribution in [3.8, 4) is 0 Å². The summed E-state index contributed by atoms with van der Waals surface area (Å²) in [5.74, 6) is 0. The fourth-order valence-electron chi connectivity index (χ4n) is 2.13. The molecular formula is C15H18N2O2S. The summed E-state index contributed by atoms with van der Waals surface area (Å²) in [6.07, 6.45) is 0. The Morgan fingerprint density at radius 1 is 1.30 bits per heavy atom. The smallest absolute Gasteiger partial charge is 0.243 e. The zero-order valence-electron chi connectivity index (χ0n) is 11.6. The van der Waals surface area contributed by atoms with Gasteiger partial charge in [0.1, 0.15) is 0 Å². The van der Waals surface area contributed by atoms with E-state index in [2.05, 4.69) is 6.58 Å². The summed E-state index contributed by atoms with van der Waals surface area (Å²) in [7, 11) is -1.99. The van der Waals surface area contributed by atoms with Gasteiger partial charge < -0.3 is 5.73 Å². The first-order valence-electron chi connectivity index (χ1n) is 6.21. The number of hydrogen-bond acceptors (Lipinski definition) is 3. The number of sulfonamides is 1. The van der Waals surface area contributed by atoms with Crippen LogP contribution < -0.4 is 5.73 Å². The van der Waals surface area contributed by atoms with Crippen LogP contribution in [0.2, 0.25) is 0 Å². The molecule has 4 nitrogen and oxygen atoms in total. The first-order chi connectivity index (χ1) is 9.32. The molecule has 0 saturated carbocycles. The van der Waals surface area contributed by atoms with E-state index < -0.39 is 10.0 Å². The summed E-state index contributed by atoms with van der Waals surface area (Å²) in [4.78, 5) is 0.291. The van der Waals surface area contributed by atoms with Gasteiger partial charge in [-0.25, -0.2) is 8.42 Å². The molecule has 2 rings (SSSR count). The van der Waals surface area contributed by atoms with Gasteiger partial charge in [0.25, 0.3) is 0 Å². The highest BCUT2D eigenvalue weighted by atomic mass is 32.2. The fourth-order valence-corrected chi connectivity index (χ4v) is 3.57. The Morgan fingerprint density at radius 3 is 2.65 bits per heavy atom. The van der Waals surface area contributed by atoms with Gasteiger partial charge in [-0.3, -0.25) is 0 Å². The highest BCUT2D eigenvalue weighted by Crippen LogP contribution is 2.26. The molecule has 5 heteroatoms. The second-order valence-electron chi connectivity index (χ2n) is 4.95. The molecule has 2 aromatic carbocycles. The molecule has 0 aliphatic heterocycles. The van der Waals surface area contributed by atoms with Crippen LogP contribution in [-0.4, -0.2) is 26.3 Å². The zero-order chi connectivity index (χ0) is 14.9. The van der Waals surface area contributed by atoms with Crippen molar-refractivity contribution in [2.45, 2.75) is 11.8 Å². The lowest BCUT2D eigenvalue weighted by Crippen LogP contribution is -2.28. The van der Waals surface area contributed by atoms with Crippen LogP contribution in [0.1, 0.15) is 6.92 Å². The molecule has 106 valence electrons. The molecule has 0 heterocycles. The lowest BCUT2D eigenvalue weighted by Gasteiger charge is -2.18. The lowest BCUT2D eigenvalue weighted by atomic mass is 10.1. The number of hydrogen-bond donors (Lipinski definition) is 1. The minimum absolute atomic E-state index is 0.291. The number of nitrogens with zero attached hydrogens (tertiary/aromatic N) is 1. The number of fused-ring (bicyclic) bond motifs is 1. The van der Waals surface area contributed by atoms with E-state index in [0.717, 1.165) is 11.0 Å². The van der Waals surface area contributed by atoms with E-state index in [1.165, 1.54) is 4.31 Å². The van der Waals surface area contributed by atoms with Crippen molar-refractivity contribution < 1.29 is 8.42 Å². The molecule has 0 fully saturated rings. The van der Waals surface area contributed by atoms with Crippen molar-refractivity contribution in [1.29, 1.82) is 0 Å². The van der Waals surface area contributed by atoms with Crippen molar-refractivity contribution in [2.24, 2.45) is 0 Å². The van der Waals surface area contributed by atoms with Crippen LogP contribution in [0, 0.1) is 0 Å². The standard InChI is InChI=1S/C15H18N2O2S/c1-11(2)10-17(3)20(18,19)15-6-4-5-12-9-13(16)7-8-14(12)15/h4-9H,1,10,16H2,2-3H3. The molecule has 0 unspecified atom stereocenters. The Balaban J connectivity index is 2.60. The minimum atomic E-state index is -3.54. The molecule has 0 aliphatic rings. The van der Waals surface area contributed by atoms with Crippen LogP contribution in [0.25, 0.3) is 10.8 Å². The summed E-state index contributed by atoms with van der Waals surface area (Å²) in [6.45, 7) is 5.85. The normalized spacial score (nSPS) is 11.9. The third-order valence-corrected chi connectivity index (χ3v) is 4.91. The van der Waals surface area contributed by atoms with Gasteiger partial charge in [0, 0.05) is 24.7 Å². The summed E-state index contributed by atoms with van der Waals surface area (Å²) >= 11 is 0. The molecule has 0 radical (unpaired) electrons. The maximum absolute atomic E-state index is 12.6. The number of nitrogen functional groups attached to an aromatic ring is 1. The van der Waals surface area contributed by atoms with Crippen LogP contribution in [-0.2, 0) is 10.0 Å². The van der Waals surface area contributed by atoms with Gasteiger partial charge in [-0.15, -0.1) is 0 Å². The van der Waals surface area contributed by atoms with Crippen molar-refractivity contribution in [2.75, 3.05) is 19.3 Å². The molecule has 0 atom stereocenters. The molecule has 0 saturated heterocycles. The van der Waals surface area contributed by atoms with Crippen LogP contribution in [0.15, 0.2) is 53.4 Å². The van der Waals surface area contributed by atoms with Crippen molar-refractivity contribution >= 4 is 26.5 Å². The van der Waals surface area contributed by atoms with Crippen molar-refractivity contribution in [3.63, 3.8) is 0 Å². The van der Waals surface area contributed by atoms with Crippen molar-refractivity contribution in [3.05, 3.63) is 48.6 Å². The van der Waals surface area contributed by atoms with E-state index in [4.69, 9.17) is 5.73 Å². The van der Waals surface area contributed by atoms with Gasteiger partial charge in [0.15, 0.2) is 0 Å². The van der Waals surface area contributed by atoms with Crippen LogP contribution in [0.3, 0.4) is 0 Å². The van der Waals surface area contributed by atoms with Crippen LogP contribution >= 0.6 is 0 Å². The Labute approximate surface area is 119 Å². The monoisotopic (exact) mass is 290 g/mol. The second-order valence-corrected chi connectivity index (χ2v) is 6.97. The summed E-state index contributed by atoms with van der Waals surface area (Å²) < 4.78 is 26.5. The van der Waals surface area contributed by atoms with Gasteiger partial charge in [0.2, 0.25) is 10.0 Å². The first kappa shape index (κ1) is 14.6. The first-order valence-corrected chi connectivity index (χ1v) is 7.65.